The molecule has 5 nitrogen and oxygen atoms in total. The van der Waals surface area contributed by atoms with Crippen LogP contribution in [0, 0.1) is 19.7 Å². The molecular formula is C18H23FN4O. The molecule has 1 amide bonds. The molecule has 0 saturated carbocycles. The van der Waals surface area contributed by atoms with Crippen LogP contribution in [0.5, 0.6) is 0 Å². The first-order valence-electron chi connectivity index (χ1n) is 8.20. The zero-order valence-electron chi connectivity index (χ0n) is 14.3. The van der Waals surface area contributed by atoms with Crippen LogP contribution in [0.4, 0.5) is 4.39 Å². The Balaban J connectivity index is 2.01. The molecule has 1 saturated heterocycles. The van der Waals surface area contributed by atoms with Gasteiger partial charge in [-0.3, -0.25) is 14.4 Å². The van der Waals surface area contributed by atoms with Gasteiger partial charge in [0.25, 0.3) is 0 Å². The van der Waals surface area contributed by atoms with Crippen LogP contribution < -0.4 is 5.73 Å². The van der Waals surface area contributed by atoms with Crippen molar-refractivity contribution in [2.45, 2.75) is 38.8 Å². The van der Waals surface area contributed by atoms with E-state index in [1.807, 2.05) is 25.6 Å². The molecule has 1 fully saturated rings. The predicted molar refractivity (Wildman–Crippen MR) is 89.7 cm³/mol. The van der Waals surface area contributed by atoms with Gasteiger partial charge in [-0.05, 0) is 50.9 Å². The monoisotopic (exact) mass is 330 g/mol. The van der Waals surface area contributed by atoms with Gasteiger partial charge in [0.2, 0.25) is 5.91 Å². The molecule has 2 unspecified atom stereocenters. The summed E-state index contributed by atoms with van der Waals surface area (Å²) >= 11 is 0. The van der Waals surface area contributed by atoms with E-state index < -0.39 is 11.9 Å². The lowest BCUT2D eigenvalue weighted by atomic mass is 9.98. The Labute approximate surface area is 141 Å². The minimum Gasteiger partial charge on any atom is -0.368 e. The van der Waals surface area contributed by atoms with Crippen molar-refractivity contribution in [3.8, 4) is 0 Å². The lowest BCUT2D eigenvalue weighted by molar-refractivity contribution is -0.123. The summed E-state index contributed by atoms with van der Waals surface area (Å²) in [6.45, 7) is 4.82. The lowest BCUT2D eigenvalue weighted by Crippen LogP contribution is -2.37. The third kappa shape index (κ3) is 2.82. The molecule has 1 aromatic heterocycles. The van der Waals surface area contributed by atoms with E-state index in [-0.39, 0.29) is 11.9 Å². The van der Waals surface area contributed by atoms with Crippen molar-refractivity contribution in [2.24, 2.45) is 12.8 Å². The van der Waals surface area contributed by atoms with Crippen molar-refractivity contribution in [3.05, 3.63) is 52.6 Å². The number of hydrogen-bond donors (Lipinski definition) is 1. The average molecular weight is 330 g/mol. The maximum Gasteiger partial charge on any atom is 0.239 e. The highest BCUT2D eigenvalue weighted by molar-refractivity contribution is 5.81. The van der Waals surface area contributed by atoms with Gasteiger partial charge in [0.05, 0.1) is 5.69 Å². The number of nitrogens with two attached hydrogens (primary N) is 1. The number of carbonyl (C=O) groups excluding carboxylic acids is 1. The fourth-order valence-electron chi connectivity index (χ4n) is 3.84. The number of likely N-dealkylation sites (tertiary alicyclic amines) is 1. The summed E-state index contributed by atoms with van der Waals surface area (Å²) in [4.78, 5) is 14.3. The third-order valence-electron chi connectivity index (χ3n) is 4.98. The van der Waals surface area contributed by atoms with Gasteiger partial charge < -0.3 is 5.73 Å². The van der Waals surface area contributed by atoms with Crippen molar-refractivity contribution >= 4 is 5.91 Å². The number of halogens is 1. The molecule has 0 aliphatic carbocycles. The van der Waals surface area contributed by atoms with Gasteiger partial charge in [-0.15, -0.1) is 0 Å². The van der Waals surface area contributed by atoms with Gasteiger partial charge >= 0.3 is 0 Å². The molecule has 2 atom stereocenters. The highest BCUT2D eigenvalue weighted by Crippen LogP contribution is 2.40. The Morgan fingerprint density at radius 1 is 1.33 bits per heavy atom. The predicted octanol–water partition coefficient (Wildman–Crippen LogP) is 2.54. The van der Waals surface area contributed by atoms with E-state index in [4.69, 9.17) is 5.73 Å². The second-order valence-electron chi connectivity index (χ2n) is 6.46. The van der Waals surface area contributed by atoms with Crippen molar-refractivity contribution in [1.82, 2.24) is 14.7 Å². The molecule has 24 heavy (non-hydrogen) atoms. The molecule has 0 bridgehead atoms. The molecule has 6 heteroatoms. The number of benzene rings is 1. The molecule has 0 radical (unpaired) electrons. The maximum absolute atomic E-state index is 13.2. The lowest BCUT2D eigenvalue weighted by Gasteiger charge is -2.31. The Hall–Kier alpha value is -2.21. The Kier molecular flexibility index (Phi) is 4.41. The molecule has 128 valence electrons. The molecule has 2 aromatic rings. The molecule has 0 spiro atoms. The Morgan fingerprint density at radius 3 is 2.54 bits per heavy atom. The highest BCUT2D eigenvalue weighted by Gasteiger charge is 2.37. The first-order valence-corrected chi connectivity index (χ1v) is 8.20. The summed E-state index contributed by atoms with van der Waals surface area (Å²) < 4.78 is 15.1. The third-order valence-corrected chi connectivity index (χ3v) is 4.98. The summed E-state index contributed by atoms with van der Waals surface area (Å²) in [6, 6.07) is 5.57. The van der Waals surface area contributed by atoms with E-state index in [0.717, 1.165) is 36.3 Å². The fraction of sp³-hybridized carbons (Fsp3) is 0.444. The van der Waals surface area contributed by atoms with Crippen LogP contribution in [0.25, 0.3) is 0 Å². The van der Waals surface area contributed by atoms with Crippen LogP contribution in [-0.4, -0.2) is 27.1 Å². The zero-order chi connectivity index (χ0) is 17.4. The number of amides is 1. The van der Waals surface area contributed by atoms with E-state index in [2.05, 4.69) is 10.00 Å². The molecule has 2 N–H and O–H groups in total. The average Bonchev–Trinajstić information content (AvgIpc) is 3.06. The van der Waals surface area contributed by atoms with Gasteiger partial charge in [-0.2, -0.15) is 5.10 Å². The van der Waals surface area contributed by atoms with E-state index in [9.17, 15) is 9.18 Å². The van der Waals surface area contributed by atoms with Crippen LogP contribution in [0.1, 0.15) is 47.4 Å². The number of rotatable bonds is 4. The smallest absolute Gasteiger partial charge is 0.239 e. The van der Waals surface area contributed by atoms with Crippen molar-refractivity contribution in [3.63, 3.8) is 0 Å². The minimum absolute atomic E-state index is 0.0984. The Bertz CT molecular complexity index is 753. The summed E-state index contributed by atoms with van der Waals surface area (Å²) in [5, 5.41) is 4.50. The van der Waals surface area contributed by atoms with Crippen LogP contribution >= 0.6 is 0 Å². The van der Waals surface area contributed by atoms with Gasteiger partial charge in [0.1, 0.15) is 11.9 Å². The van der Waals surface area contributed by atoms with E-state index in [1.165, 1.54) is 17.7 Å². The van der Waals surface area contributed by atoms with Crippen molar-refractivity contribution in [1.29, 1.82) is 0 Å². The van der Waals surface area contributed by atoms with E-state index >= 15 is 0 Å². The molecular weight excluding hydrogens is 307 g/mol. The highest BCUT2D eigenvalue weighted by atomic mass is 19.1. The molecule has 1 aliphatic rings. The first kappa shape index (κ1) is 16.6. The number of nitrogens with zero attached hydrogens (tertiary/aromatic N) is 3. The SMILES string of the molecule is Cc1nn(C)c(C)c1C1CCCN1C(C(N)=O)c1ccc(F)cc1. The maximum atomic E-state index is 13.2. The van der Waals surface area contributed by atoms with Gasteiger partial charge in [-0.1, -0.05) is 12.1 Å². The second kappa shape index (κ2) is 6.36. The minimum atomic E-state index is -0.558. The van der Waals surface area contributed by atoms with Crippen molar-refractivity contribution < 1.29 is 9.18 Å². The number of aromatic nitrogens is 2. The number of carbonyl (C=O) groups is 1. The normalized spacial score (nSPS) is 19.6. The summed E-state index contributed by atoms with van der Waals surface area (Å²) in [7, 11) is 1.93. The van der Waals surface area contributed by atoms with Crippen LogP contribution in [0.3, 0.4) is 0 Å². The van der Waals surface area contributed by atoms with Gasteiger partial charge in [-0.25, -0.2) is 4.39 Å². The number of primary amides is 1. The first-order chi connectivity index (χ1) is 11.4. The molecule has 2 heterocycles. The van der Waals surface area contributed by atoms with Gasteiger partial charge in [0, 0.05) is 24.3 Å². The molecule has 1 aliphatic heterocycles. The number of hydrogen-bond acceptors (Lipinski definition) is 3. The second-order valence-corrected chi connectivity index (χ2v) is 6.46. The quantitative estimate of drug-likeness (QED) is 0.937. The Morgan fingerprint density at radius 2 is 2.00 bits per heavy atom. The van der Waals surface area contributed by atoms with Crippen LogP contribution in [-0.2, 0) is 11.8 Å². The topological polar surface area (TPSA) is 64.2 Å². The summed E-state index contributed by atoms with van der Waals surface area (Å²) in [5.41, 5.74) is 9.70. The molecule has 3 rings (SSSR count). The largest absolute Gasteiger partial charge is 0.368 e. The van der Waals surface area contributed by atoms with Gasteiger partial charge in [0.15, 0.2) is 0 Å². The fourth-order valence-corrected chi connectivity index (χ4v) is 3.84. The standard InChI is InChI=1S/C18H23FN4O/c1-11-16(12(2)22(3)21-11)15-5-4-10-23(15)17(18(20)24)13-6-8-14(19)9-7-13/h6-9,15,17H,4-5,10H2,1-3H3,(H2,20,24). The number of aryl methyl sites for hydroxylation is 2. The van der Waals surface area contributed by atoms with Crippen molar-refractivity contribution in [2.75, 3.05) is 6.54 Å². The molecule has 1 aromatic carbocycles. The van der Waals surface area contributed by atoms with E-state index in [1.54, 1.807) is 12.1 Å². The summed E-state index contributed by atoms with van der Waals surface area (Å²) in [6.07, 6.45) is 1.95. The van der Waals surface area contributed by atoms with Crippen LogP contribution in [0.15, 0.2) is 24.3 Å². The van der Waals surface area contributed by atoms with E-state index in [0.29, 0.717) is 0 Å². The summed E-state index contributed by atoms with van der Waals surface area (Å²) in [5.74, 6) is -0.730. The zero-order valence-corrected chi connectivity index (χ0v) is 14.3. The van der Waals surface area contributed by atoms with Crippen LogP contribution in [0.2, 0.25) is 0 Å².